The number of hydrogen-bond acceptors (Lipinski definition) is 7. The molecule has 0 radical (unpaired) electrons. The van der Waals surface area contributed by atoms with Crippen LogP contribution in [-0.2, 0) is 16.8 Å². The Balaban J connectivity index is 1.51. The molecule has 3 aromatic rings. The first kappa shape index (κ1) is 25.1. The highest BCUT2D eigenvalue weighted by Gasteiger charge is 2.46. The number of benzene rings is 3. The number of fused-ring (bicyclic) bond motifs is 2. The summed E-state index contributed by atoms with van der Waals surface area (Å²) in [6, 6.07) is 21.9. The lowest BCUT2D eigenvalue weighted by molar-refractivity contribution is -0.120. The van der Waals surface area contributed by atoms with Crippen LogP contribution in [0.15, 0.2) is 87.7 Å². The summed E-state index contributed by atoms with van der Waals surface area (Å²) >= 11 is 0. The topological polar surface area (TPSA) is 111 Å². The molecule has 3 aromatic carbocycles. The highest BCUT2D eigenvalue weighted by atomic mass is 32.3. The monoisotopic (exact) mass is 518 g/mol. The Morgan fingerprint density at radius 3 is 2.51 bits per heavy atom. The Labute approximate surface area is 218 Å². The quantitative estimate of drug-likeness (QED) is 0.265. The Bertz CT molecular complexity index is 1420. The lowest BCUT2D eigenvalue weighted by Gasteiger charge is -2.39. The fourth-order valence-corrected chi connectivity index (χ4v) is 6.09. The van der Waals surface area contributed by atoms with Gasteiger partial charge in [-0.15, -0.1) is 4.40 Å². The van der Waals surface area contributed by atoms with Gasteiger partial charge in [0.15, 0.2) is 11.6 Å². The van der Waals surface area contributed by atoms with Crippen LogP contribution >= 0.6 is 10.8 Å². The Morgan fingerprint density at radius 1 is 1.03 bits per heavy atom. The van der Waals surface area contributed by atoms with Crippen LogP contribution < -0.4 is 10.1 Å². The van der Waals surface area contributed by atoms with Crippen LogP contribution in [0.4, 0.5) is 5.69 Å². The molecule has 0 aromatic heterocycles. The molecule has 1 aliphatic heterocycles. The lowest BCUT2D eigenvalue weighted by Crippen LogP contribution is -2.42. The van der Waals surface area contributed by atoms with Crippen molar-refractivity contribution in [2.24, 2.45) is 4.40 Å². The molecule has 4 N–H and O–H groups in total. The molecule has 0 bridgehead atoms. The van der Waals surface area contributed by atoms with E-state index in [0.717, 1.165) is 24.0 Å². The summed E-state index contributed by atoms with van der Waals surface area (Å²) < 4.78 is 32.0. The summed E-state index contributed by atoms with van der Waals surface area (Å²) in [6.45, 7) is 4.27. The molecule has 0 saturated heterocycles. The molecule has 0 amide bonds. The van der Waals surface area contributed by atoms with E-state index in [9.17, 15) is 19.0 Å². The first-order valence-electron chi connectivity index (χ1n) is 12.3. The van der Waals surface area contributed by atoms with Crippen molar-refractivity contribution in [1.82, 2.24) is 0 Å². The SMILES string of the molecule is CCCCC1(C)C(=O)C(C2=NS(O)(O)c3cc(OCc4ccccc4)ccc3N2)=C(O)c2ccccc21. The van der Waals surface area contributed by atoms with E-state index in [2.05, 4.69) is 16.6 Å². The van der Waals surface area contributed by atoms with Crippen molar-refractivity contribution in [2.45, 2.75) is 50.0 Å². The van der Waals surface area contributed by atoms with Gasteiger partial charge < -0.3 is 15.2 Å². The van der Waals surface area contributed by atoms with Gasteiger partial charge >= 0.3 is 0 Å². The van der Waals surface area contributed by atoms with Gasteiger partial charge in [-0.3, -0.25) is 13.9 Å². The molecule has 0 saturated carbocycles. The van der Waals surface area contributed by atoms with E-state index in [0.29, 0.717) is 30.0 Å². The second-order valence-electron chi connectivity index (χ2n) is 9.55. The van der Waals surface area contributed by atoms with E-state index < -0.39 is 16.2 Å². The van der Waals surface area contributed by atoms with E-state index in [1.807, 2.05) is 49.4 Å². The highest BCUT2D eigenvalue weighted by Crippen LogP contribution is 2.57. The number of carbonyl (C=O) groups excluding carboxylic acids is 1. The van der Waals surface area contributed by atoms with Crippen LogP contribution in [0.3, 0.4) is 0 Å². The van der Waals surface area contributed by atoms with Gasteiger partial charge in [0.05, 0.1) is 11.1 Å². The third-order valence-corrected chi connectivity index (χ3v) is 8.34. The number of aliphatic hydroxyl groups is 1. The van der Waals surface area contributed by atoms with E-state index in [1.165, 1.54) is 0 Å². The van der Waals surface area contributed by atoms with Gasteiger partial charge in [0.2, 0.25) is 0 Å². The zero-order valence-electron chi connectivity index (χ0n) is 20.8. The molecule has 8 heteroatoms. The fraction of sp³-hybridized carbons (Fsp3) is 0.241. The predicted octanol–water partition coefficient (Wildman–Crippen LogP) is 7.11. The molecule has 2 aliphatic rings. The molecule has 0 fully saturated rings. The zero-order chi connectivity index (χ0) is 26.2. The average molecular weight is 519 g/mol. The standard InChI is InChI=1S/C29H30N2O5S/c1-3-4-16-29(2)22-13-9-8-12-21(22)26(32)25(27(29)33)28-30-23-15-14-20(17-24(23)37(34,35)31-28)36-18-19-10-6-5-7-11-19/h5-15,17,32,34-35H,3-4,16,18H2,1-2H3,(H,30,31). The number of rotatable bonds is 7. The normalized spacial score (nSPS) is 20.9. The largest absolute Gasteiger partial charge is 0.506 e. The van der Waals surface area contributed by atoms with Gasteiger partial charge in [-0.1, -0.05) is 85.1 Å². The van der Waals surface area contributed by atoms with Crippen molar-refractivity contribution in [1.29, 1.82) is 0 Å². The number of ketones is 1. The maximum absolute atomic E-state index is 13.9. The predicted molar refractivity (Wildman–Crippen MR) is 147 cm³/mol. The zero-order valence-corrected chi connectivity index (χ0v) is 21.6. The molecule has 1 unspecified atom stereocenters. The Kier molecular flexibility index (Phi) is 6.58. The highest BCUT2D eigenvalue weighted by molar-refractivity contribution is 8.23. The number of unbranched alkanes of at least 4 members (excludes halogenated alkanes) is 1. The van der Waals surface area contributed by atoms with Crippen molar-refractivity contribution in [2.75, 3.05) is 5.32 Å². The smallest absolute Gasteiger partial charge is 0.180 e. The Morgan fingerprint density at radius 2 is 1.76 bits per heavy atom. The van der Waals surface area contributed by atoms with Crippen molar-refractivity contribution in [3.8, 4) is 5.75 Å². The maximum Gasteiger partial charge on any atom is 0.180 e. The number of aliphatic hydroxyl groups excluding tert-OH is 1. The minimum absolute atomic E-state index is 0.0349. The molecular weight excluding hydrogens is 488 g/mol. The first-order valence-corrected chi connectivity index (χ1v) is 13.8. The molecule has 192 valence electrons. The van der Waals surface area contributed by atoms with Gasteiger partial charge in [-0.25, -0.2) is 0 Å². The molecule has 5 rings (SSSR count). The molecule has 1 heterocycles. The first-order chi connectivity index (χ1) is 17.7. The second-order valence-corrected chi connectivity index (χ2v) is 11.2. The number of nitrogens with one attached hydrogen (secondary N) is 1. The summed E-state index contributed by atoms with van der Waals surface area (Å²) in [5.41, 5.74) is 1.77. The van der Waals surface area contributed by atoms with E-state index in [1.54, 1.807) is 30.3 Å². The van der Waals surface area contributed by atoms with E-state index >= 15 is 0 Å². The minimum atomic E-state index is -3.68. The molecule has 7 nitrogen and oxygen atoms in total. The van der Waals surface area contributed by atoms with Crippen LogP contribution in [0.1, 0.15) is 49.8 Å². The van der Waals surface area contributed by atoms with Crippen molar-refractivity contribution in [3.05, 3.63) is 95.1 Å². The van der Waals surface area contributed by atoms with Gasteiger partial charge in [0.25, 0.3) is 0 Å². The maximum atomic E-state index is 13.9. The van der Waals surface area contributed by atoms with Gasteiger partial charge in [-0.2, -0.15) is 0 Å². The number of ether oxygens (including phenoxy) is 1. The number of Topliss-reactive ketones (excluding diaryl/α,β-unsaturated/α-hetero) is 1. The van der Waals surface area contributed by atoms with Crippen LogP contribution in [-0.4, -0.2) is 25.8 Å². The summed E-state index contributed by atoms with van der Waals surface area (Å²) in [5, 5.41) is 14.3. The van der Waals surface area contributed by atoms with Gasteiger partial charge in [-0.05, 0) is 36.6 Å². The molecule has 0 spiro atoms. The van der Waals surface area contributed by atoms with Crippen molar-refractivity contribution >= 4 is 33.8 Å². The van der Waals surface area contributed by atoms with Crippen LogP contribution in [0, 0.1) is 0 Å². The third kappa shape index (κ3) is 4.52. The molecule has 37 heavy (non-hydrogen) atoms. The molecule has 1 aliphatic carbocycles. The number of anilines is 1. The van der Waals surface area contributed by atoms with Crippen molar-refractivity contribution in [3.63, 3.8) is 0 Å². The van der Waals surface area contributed by atoms with Gasteiger partial charge in [0.1, 0.15) is 28.6 Å². The molecular formula is C29H30N2O5S. The van der Waals surface area contributed by atoms with Gasteiger partial charge in [0, 0.05) is 11.6 Å². The number of hydrogen-bond donors (Lipinski definition) is 4. The van der Waals surface area contributed by atoms with Crippen molar-refractivity contribution < 1.29 is 23.7 Å². The van der Waals surface area contributed by atoms with E-state index in [-0.39, 0.29) is 27.8 Å². The number of carbonyl (C=O) groups is 1. The second kappa shape index (κ2) is 9.70. The number of amidine groups is 1. The summed E-state index contributed by atoms with van der Waals surface area (Å²) in [7, 11) is -3.68. The van der Waals surface area contributed by atoms with E-state index in [4.69, 9.17) is 4.74 Å². The van der Waals surface area contributed by atoms with Crippen LogP contribution in [0.5, 0.6) is 5.75 Å². The average Bonchev–Trinajstić information content (AvgIpc) is 2.90. The lowest BCUT2D eigenvalue weighted by atomic mass is 9.67. The summed E-state index contributed by atoms with van der Waals surface area (Å²) in [5.74, 6) is -0.114. The van der Waals surface area contributed by atoms with Crippen LogP contribution in [0.25, 0.3) is 5.76 Å². The van der Waals surface area contributed by atoms with Crippen LogP contribution in [0.2, 0.25) is 0 Å². The summed E-state index contributed by atoms with van der Waals surface area (Å²) in [6.07, 6.45) is 2.34. The molecule has 1 atom stereocenters. The fourth-order valence-electron chi connectivity index (χ4n) is 4.91. The third-order valence-electron chi connectivity index (χ3n) is 6.98. The minimum Gasteiger partial charge on any atom is -0.506 e. The number of nitrogens with zero attached hydrogens (tertiary/aromatic N) is 1. The Hall–Kier alpha value is -3.59. The summed E-state index contributed by atoms with van der Waals surface area (Å²) in [4.78, 5) is 14.1.